The van der Waals surface area contributed by atoms with Crippen molar-refractivity contribution in [2.24, 2.45) is 0 Å². The first-order valence-corrected chi connectivity index (χ1v) is 7.95. The van der Waals surface area contributed by atoms with E-state index >= 15 is 0 Å². The van der Waals surface area contributed by atoms with Gasteiger partial charge in [-0.15, -0.1) is 0 Å². The van der Waals surface area contributed by atoms with Crippen LogP contribution in [0.2, 0.25) is 0 Å². The number of rotatable bonds is 3. The zero-order valence-corrected chi connectivity index (χ0v) is 13.6. The fraction of sp³-hybridized carbons (Fsp3) is 0.0476. The molecule has 0 aliphatic heterocycles. The molecule has 4 aromatic rings. The number of amides is 1. The minimum absolute atomic E-state index is 0.0497. The van der Waals surface area contributed by atoms with Gasteiger partial charge in [0.2, 0.25) is 0 Å². The third kappa shape index (κ3) is 2.78. The molecule has 1 aromatic heterocycles. The van der Waals surface area contributed by atoms with Gasteiger partial charge in [0.1, 0.15) is 5.58 Å². The largest absolute Gasteiger partial charge is 0.451 e. The van der Waals surface area contributed by atoms with Crippen LogP contribution in [0.15, 0.2) is 71.1 Å². The Morgan fingerprint density at radius 2 is 1.72 bits per heavy atom. The molecule has 0 saturated heterocycles. The first-order valence-electron chi connectivity index (χ1n) is 7.95. The molecular weight excluding hydrogens is 314 g/mol. The lowest BCUT2D eigenvalue weighted by Crippen LogP contribution is -2.11. The molecule has 0 aliphatic carbocycles. The number of anilines is 1. The Balaban J connectivity index is 1.69. The number of carbonyl (C=O) groups excluding carboxylic acids is 2. The van der Waals surface area contributed by atoms with E-state index < -0.39 is 0 Å². The number of furan rings is 1. The van der Waals surface area contributed by atoms with Crippen molar-refractivity contribution in [3.05, 3.63) is 78.1 Å². The second-order valence-corrected chi connectivity index (χ2v) is 5.90. The maximum Gasteiger partial charge on any atom is 0.291 e. The van der Waals surface area contributed by atoms with Crippen LogP contribution in [0.3, 0.4) is 0 Å². The topological polar surface area (TPSA) is 59.3 Å². The Hall–Kier alpha value is -3.40. The summed E-state index contributed by atoms with van der Waals surface area (Å²) in [5.74, 6) is -0.160. The second-order valence-electron chi connectivity index (χ2n) is 5.90. The van der Waals surface area contributed by atoms with E-state index in [4.69, 9.17) is 4.42 Å². The fourth-order valence-corrected chi connectivity index (χ4v) is 2.91. The molecule has 0 atom stereocenters. The summed E-state index contributed by atoms with van der Waals surface area (Å²) in [6.45, 7) is 1.49. The van der Waals surface area contributed by atoms with Crippen molar-refractivity contribution in [2.75, 3.05) is 5.32 Å². The van der Waals surface area contributed by atoms with Gasteiger partial charge in [-0.25, -0.2) is 0 Å². The molecule has 1 amide bonds. The maximum absolute atomic E-state index is 12.5. The van der Waals surface area contributed by atoms with Gasteiger partial charge in [0.25, 0.3) is 5.91 Å². The predicted octanol–water partition coefficient (Wildman–Crippen LogP) is 5.04. The first-order chi connectivity index (χ1) is 12.1. The smallest absolute Gasteiger partial charge is 0.291 e. The average Bonchev–Trinajstić information content (AvgIpc) is 3.07. The molecule has 0 saturated carbocycles. The van der Waals surface area contributed by atoms with Crippen molar-refractivity contribution in [2.45, 2.75) is 6.92 Å². The van der Waals surface area contributed by atoms with Crippen LogP contribution in [0.4, 0.5) is 5.69 Å². The monoisotopic (exact) mass is 329 g/mol. The van der Waals surface area contributed by atoms with E-state index in [2.05, 4.69) is 5.32 Å². The Morgan fingerprint density at radius 1 is 0.880 bits per heavy atom. The van der Waals surface area contributed by atoms with E-state index in [1.165, 1.54) is 6.92 Å². The number of hydrogen-bond donors (Lipinski definition) is 1. The molecule has 25 heavy (non-hydrogen) atoms. The van der Waals surface area contributed by atoms with E-state index in [9.17, 15) is 9.59 Å². The van der Waals surface area contributed by atoms with Crippen molar-refractivity contribution in [3.8, 4) is 0 Å². The minimum Gasteiger partial charge on any atom is -0.451 e. The third-order valence-electron chi connectivity index (χ3n) is 4.18. The molecule has 4 nitrogen and oxygen atoms in total. The molecule has 0 bridgehead atoms. The molecular formula is C21H15NO3. The molecule has 4 rings (SSSR count). The Morgan fingerprint density at radius 3 is 2.56 bits per heavy atom. The summed E-state index contributed by atoms with van der Waals surface area (Å²) < 4.78 is 5.71. The van der Waals surface area contributed by atoms with Crippen molar-refractivity contribution < 1.29 is 14.0 Å². The molecule has 0 aliphatic rings. The van der Waals surface area contributed by atoms with E-state index in [0.717, 1.165) is 16.2 Å². The Kier molecular flexibility index (Phi) is 3.58. The van der Waals surface area contributed by atoms with Gasteiger partial charge >= 0.3 is 0 Å². The average molecular weight is 329 g/mol. The van der Waals surface area contributed by atoms with Crippen LogP contribution in [0.1, 0.15) is 27.8 Å². The zero-order chi connectivity index (χ0) is 17.4. The molecule has 1 heterocycles. The van der Waals surface area contributed by atoms with Crippen LogP contribution in [0, 0.1) is 0 Å². The Labute approximate surface area is 144 Å². The van der Waals surface area contributed by atoms with Gasteiger partial charge in [0.15, 0.2) is 11.5 Å². The maximum atomic E-state index is 12.5. The molecule has 122 valence electrons. The van der Waals surface area contributed by atoms with E-state index in [0.29, 0.717) is 16.8 Å². The number of nitrogens with one attached hydrogen (secondary N) is 1. The summed E-state index contributed by atoms with van der Waals surface area (Å²) in [4.78, 5) is 24.0. The summed E-state index contributed by atoms with van der Waals surface area (Å²) in [5.41, 5.74) is 1.78. The second kappa shape index (κ2) is 5.91. The Bertz CT molecular complexity index is 1120. The zero-order valence-electron chi connectivity index (χ0n) is 13.6. The van der Waals surface area contributed by atoms with Crippen LogP contribution < -0.4 is 5.32 Å². The number of fused-ring (bicyclic) bond motifs is 3. The lowest BCUT2D eigenvalue weighted by Gasteiger charge is -2.04. The van der Waals surface area contributed by atoms with Gasteiger partial charge in [-0.2, -0.15) is 0 Å². The summed E-state index contributed by atoms with van der Waals surface area (Å²) in [5, 5.41) is 5.82. The molecule has 0 fully saturated rings. The first kappa shape index (κ1) is 15.1. The van der Waals surface area contributed by atoms with Gasteiger partial charge in [0.05, 0.1) is 0 Å². The summed E-state index contributed by atoms with van der Waals surface area (Å²) >= 11 is 0. The van der Waals surface area contributed by atoms with Crippen molar-refractivity contribution >= 4 is 39.1 Å². The predicted molar refractivity (Wildman–Crippen MR) is 98.1 cm³/mol. The van der Waals surface area contributed by atoms with Crippen LogP contribution in [-0.4, -0.2) is 11.7 Å². The highest BCUT2D eigenvalue weighted by Crippen LogP contribution is 2.28. The quantitative estimate of drug-likeness (QED) is 0.536. The SMILES string of the molecule is CC(=O)c1cccc(NC(=O)c2cc3c(ccc4ccccc43)o2)c1. The van der Waals surface area contributed by atoms with Crippen LogP contribution in [-0.2, 0) is 0 Å². The molecule has 3 aromatic carbocycles. The molecule has 0 radical (unpaired) electrons. The highest BCUT2D eigenvalue weighted by atomic mass is 16.3. The van der Waals surface area contributed by atoms with Crippen molar-refractivity contribution in [1.82, 2.24) is 0 Å². The van der Waals surface area contributed by atoms with Crippen LogP contribution >= 0.6 is 0 Å². The van der Waals surface area contributed by atoms with E-state index in [1.807, 2.05) is 36.4 Å². The third-order valence-corrected chi connectivity index (χ3v) is 4.18. The molecule has 0 spiro atoms. The van der Waals surface area contributed by atoms with Crippen LogP contribution in [0.25, 0.3) is 21.7 Å². The fourth-order valence-electron chi connectivity index (χ4n) is 2.91. The van der Waals surface area contributed by atoms with Gasteiger partial charge in [-0.05, 0) is 42.0 Å². The summed E-state index contributed by atoms with van der Waals surface area (Å²) in [6, 6.07) is 20.4. The van der Waals surface area contributed by atoms with Gasteiger partial charge < -0.3 is 9.73 Å². The molecule has 0 unspecified atom stereocenters. The number of benzene rings is 3. The molecule has 4 heteroatoms. The van der Waals surface area contributed by atoms with E-state index in [1.54, 1.807) is 30.3 Å². The number of Topliss-reactive ketones (excluding diaryl/α,β-unsaturated/α-hetero) is 1. The highest BCUT2D eigenvalue weighted by Gasteiger charge is 2.14. The standard InChI is InChI=1S/C21H15NO3/c1-13(23)15-6-4-7-16(11-15)22-21(24)20-12-18-17-8-3-2-5-14(17)9-10-19(18)25-20/h2-12H,1H3,(H,22,24). The minimum atomic E-state index is -0.346. The van der Waals surface area contributed by atoms with E-state index in [-0.39, 0.29) is 17.5 Å². The number of ketones is 1. The number of carbonyl (C=O) groups is 2. The van der Waals surface area contributed by atoms with Crippen molar-refractivity contribution in [1.29, 1.82) is 0 Å². The normalized spacial score (nSPS) is 10.9. The molecule has 1 N–H and O–H groups in total. The highest BCUT2D eigenvalue weighted by molar-refractivity contribution is 6.11. The summed E-state index contributed by atoms with van der Waals surface area (Å²) in [6.07, 6.45) is 0. The van der Waals surface area contributed by atoms with Gasteiger partial charge in [-0.3, -0.25) is 9.59 Å². The van der Waals surface area contributed by atoms with Crippen molar-refractivity contribution in [3.63, 3.8) is 0 Å². The van der Waals surface area contributed by atoms with Gasteiger partial charge in [0, 0.05) is 16.6 Å². The number of hydrogen-bond acceptors (Lipinski definition) is 3. The van der Waals surface area contributed by atoms with Gasteiger partial charge in [-0.1, -0.05) is 42.5 Å². The lowest BCUT2D eigenvalue weighted by atomic mass is 10.1. The van der Waals surface area contributed by atoms with Crippen LogP contribution in [0.5, 0.6) is 0 Å². The summed E-state index contributed by atoms with van der Waals surface area (Å²) in [7, 11) is 0. The lowest BCUT2D eigenvalue weighted by molar-refractivity contribution is 0.0993.